The highest BCUT2D eigenvalue weighted by Gasteiger charge is 2.22. The van der Waals surface area contributed by atoms with Gasteiger partial charge < -0.3 is 0 Å². The lowest BCUT2D eigenvalue weighted by Crippen LogP contribution is -2.10. The number of benzene rings is 16. The van der Waals surface area contributed by atoms with Crippen LogP contribution in [0.15, 0.2) is 315 Å². The standard InChI is InChI=1S/2C50H44/c1-49(2,3)35-23-19-33(20-24-35)37-27-29-45(41-15-9-7-13-39(37)41)47-31-32-48(44-18-12-11-17-43(44)47)46-30-28-38(40-14-8-10-16-42(40)46)34-21-25-36(26-22-34)50(4,5)6;1-49(2,3)39-23-19-33(20-24-39)35-15-16-37-32-38(18-17-36(37)31-35)42-28-30-48(46-14-10-8-12-44(42)46)47-29-27-41(43-11-7-9-13-45(43)47)34-21-25-40(26-22-34)50(4,5)6/h2*7-32H,1-6H3. The molecule has 0 unspecified atom stereocenters. The van der Waals surface area contributed by atoms with Gasteiger partial charge in [-0.05, 0) is 210 Å². The zero-order valence-corrected chi connectivity index (χ0v) is 60.0. The first-order valence-electron chi connectivity index (χ1n) is 35.7. The average molecular weight is 1290 g/mol. The number of hydrogen-bond acceptors (Lipinski definition) is 0. The van der Waals surface area contributed by atoms with E-state index in [1.54, 1.807) is 0 Å². The second-order valence-electron chi connectivity index (χ2n) is 31.6. The molecule has 0 aliphatic heterocycles. The lowest BCUT2D eigenvalue weighted by atomic mass is 9.84. The predicted molar refractivity (Wildman–Crippen MR) is 436 cm³/mol. The van der Waals surface area contributed by atoms with Crippen molar-refractivity contribution < 1.29 is 0 Å². The summed E-state index contributed by atoms with van der Waals surface area (Å²) in [7, 11) is 0. The van der Waals surface area contributed by atoms with E-state index in [-0.39, 0.29) is 21.7 Å². The van der Waals surface area contributed by atoms with Crippen molar-refractivity contribution in [1.29, 1.82) is 0 Å². The fourth-order valence-corrected chi connectivity index (χ4v) is 15.1. The Balaban J connectivity index is 0.000000162. The van der Waals surface area contributed by atoms with Crippen LogP contribution in [0.4, 0.5) is 0 Å². The normalized spacial score (nSPS) is 12.2. The molecule has 0 saturated carbocycles. The molecule has 0 aromatic heterocycles. The Kier molecular flexibility index (Phi) is 16.7. The molecule has 0 spiro atoms. The second-order valence-corrected chi connectivity index (χ2v) is 31.6. The van der Waals surface area contributed by atoms with Gasteiger partial charge in [-0.25, -0.2) is 0 Å². The van der Waals surface area contributed by atoms with Gasteiger partial charge in [-0.2, -0.15) is 0 Å². The van der Waals surface area contributed by atoms with Crippen molar-refractivity contribution in [3.05, 3.63) is 338 Å². The van der Waals surface area contributed by atoms with Gasteiger partial charge >= 0.3 is 0 Å². The molecule has 0 radical (unpaired) electrons. The Morgan fingerprint density at radius 2 is 0.310 bits per heavy atom. The van der Waals surface area contributed by atoms with Gasteiger partial charge in [-0.3, -0.25) is 0 Å². The molecular formula is C100H88. The summed E-state index contributed by atoms with van der Waals surface area (Å²) in [6.45, 7) is 27.2. The average Bonchev–Trinajstić information content (AvgIpc) is 0.755. The van der Waals surface area contributed by atoms with E-state index >= 15 is 0 Å². The monoisotopic (exact) mass is 1290 g/mol. The minimum absolute atomic E-state index is 0.129. The van der Waals surface area contributed by atoms with Crippen LogP contribution in [0.1, 0.15) is 105 Å². The van der Waals surface area contributed by atoms with Crippen LogP contribution >= 0.6 is 0 Å². The zero-order valence-electron chi connectivity index (χ0n) is 60.0. The van der Waals surface area contributed by atoms with Crippen molar-refractivity contribution in [2.24, 2.45) is 0 Å². The van der Waals surface area contributed by atoms with Crippen LogP contribution in [0.2, 0.25) is 0 Å². The van der Waals surface area contributed by atoms with Gasteiger partial charge in [0.2, 0.25) is 0 Å². The summed E-state index contributed by atoms with van der Waals surface area (Å²) in [4.78, 5) is 0. The Morgan fingerprint density at radius 3 is 0.540 bits per heavy atom. The summed E-state index contributed by atoms with van der Waals surface area (Å²) in [5.74, 6) is 0. The minimum atomic E-state index is 0.129. The Morgan fingerprint density at radius 1 is 0.140 bits per heavy atom. The maximum atomic E-state index is 2.35. The van der Waals surface area contributed by atoms with Gasteiger partial charge in [0.05, 0.1) is 0 Å². The lowest BCUT2D eigenvalue weighted by Gasteiger charge is -2.20. The van der Waals surface area contributed by atoms with Crippen molar-refractivity contribution >= 4 is 64.6 Å². The highest BCUT2D eigenvalue weighted by molar-refractivity contribution is 6.16. The van der Waals surface area contributed by atoms with E-state index in [9.17, 15) is 0 Å². The molecule has 0 aliphatic carbocycles. The molecule has 0 aliphatic rings. The molecule has 0 nitrogen and oxygen atoms in total. The van der Waals surface area contributed by atoms with Crippen LogP contribution in [0.25, 0.3) is 154 Å². The molecule has 488 valence electrons. The number of fused-ring (bicyclic) bond motifs is 6. The fraction of sp³-hybridized carbons (Fsp3) is 0.160. The van der Waals surface area contributed by atoms with Crippen molar-refractivity contribution in [2.75, 3.05) is 0 Å². The third-order valence-corrected chi connectivity index (χ3v) is 20.9. The lowest BCUT2D eigenvalue weighted by molar-refractivity contribution is 0.590. The molecule has 16 rings (SSSR count). The third kappa shape index (κ3) is 12.5. The highest BCUT2D eigenvalue weighted by atomic mass is 14.3. The van der Waals surface area contributed by atoms with Gasteiger partial charge in [0.25, 0.3) is 0 Å². The molecule has 0 heteroatoms. The van der Waals surface area contributed by atoms with E-state index in [1.165, 1.54) is 176 Å². The van der Waals surface area contributed by atoms with Crippen LogP contribution < -0.4 is 0 Å². The second kappa shape index (κ2) is 25.7. The molecule has 16 aromatic rings. The fourth-order valence-electron chi connectivity index (χ4n) is 15.1. The summed E-state index contributed by atoms with van der Waals surface area (Å²) < 4.78 is 0. The Labute approximate surface area is 592 Å². The molecule has 0 amide bonds. The van der Waals surface area contributed by atoms with Gasteiger partial charge in [-0.1, -0.05) is 386 Å². The molecule has 0 bridgehead atoms. The van der Waals surface area contributed by atoms with Gasteiger partial charge in [0, 0.05) is 0 Å². The molecule has 0 N–H and O–H groups in total. The summed E-state index contributed by atoms with van der Waals surface area (Å²) in [6.07, 6.45) is 0. The smallest absolute Gasteiger partial charge is 0.00987 e. The molecule has 100 heavy (non-hydrogen) atoms. The van der Waals surface area contributed by atoms with Crippen molar-refractivity contribution in [1.82, 2.24) is 0 Å². The van der Waals surface area contributed by atoms with Crippen LogP contribution in [-0.2, 0) is 21.7 Å². The molecule has 0 saturated heterocycles. The SMILES string of the molecule is CC(C)(C)c1ccc(-c2ccc(-c3ccc(-c4ccc(-c5ccc(C(C)(C)C)cc5)c5ccccc45)c4ccccc34)c3ccccc23)cc1.CC(C)(C)c1ccc(-c2ccc3cc(-c4ccc(-c5ccc(-c6ccc(C(C)(C)C)cc6)c6ccccc56)c5ccccc45)ccc3c2)cc1. The van der Waals surface area contributed by atoms with Crippen LogP contribution in [0, 0.1) is 0 Å². The summed E-state index contributed by atoms with van der Waals surface area (Å²) >= 11 is 0. The first-order chi connectivity index (χ1) is 48.1. The summed E-state index contributed by atoms with van der Waals surface area (Å²) in [5.41, 5.74) is 26.1. The van der Waals surface area contributed by atoms with E-state index < -0.39 is 0 Å². The van der Waals surface area contributed by atoms with E-state index in [4.69, 9.17) is 0 Å². The quantitative estimate of drug-likeness (QED) is 0.142. The highest BCUT2D eigenvalue weighted by Crippen LogP contribution is 2.46. The van der Waals surface area contributed by atoms with Crippen molar-refractivity contribution in [2.45, 2.75) is 105 Å². The number of hydrogen-bond donors (Lipinski definition) is 0. The predicted octanol–water partition coefficient (Wildman–Crippen LogP) is 28.8. The molecule has 0 atom stereocenters. The van der Waals surface area contributed by atoms with Gasteiger partial charge in [0.1, 0.15) is 0 Å². The van der Waals surface area contributed by atoms with Crippen LogP contribution in [0.3, 0.4) is 0 Å². The van der Waals surface area contributed by atoms with Gasteiger partial charge in [0.15, 0.2) is 0 Å². The Bertz CT molecular complexity index is 5570. The molecule has 0 fully saturated rings. The van der Waals surface area contributed by atoms with E-state index in [1.807, 2.05) is 0 Å². The first-order valence-corrected chi connectivity index (χ1v) is 35.7. The van der Waals surface area contributed by atoms with Crippen molar-refractivity contribution in [3.63, 3.8) is 0 Å². The topological polar surface area (TPSA) is 0 Å². The van der Waals surface area contributed by atoms with Gasteiger partial charge in [-0.15, -0.1) is 0 Å². The van der Waals surface area contributed by atoms with Crippen LogP contribution in [0.5, 0.6) is 0 Å². The molecular weight excluding hydrogens is 1200 g/mol. The van der Waals surface area contributed by atoms with Crippen LogP contribution in [-0.4, -0.2) is 0 Å². The summed E-state index contributed by atoms with van der Waals surface area (Å²) in [5, 5.41) is 15.2. The zero-order chi connectivity index (χ0) is 69.2. The summed E-state index contributed by atoms with van der Waals surface area (Å²) in [6, 6.07) is 118. The largest absolute Gasteiger partial charge is 0.0616 e. The maximum absolute atomic E-state index is 2.35. The van der Waals surface area contributed by atoms with E-state index in [2.05, 4.69) is 399 Å². The van der Waals surface area contributed by atoms with E-state index in [0.29, 0.717) is 0 Å². The van der Waals surface area contributed by atoms with Crippen molar-refractivity contribution in [3.8, 4) is 89.0 Å². The number of rotatable bonds is 8. The minimum Gasteiger partial charge on any atom is -0.0616 e. The first kappa shape index (κ1) is 65.0. The molecule has 0 heterocycles. The maximum Gasteiger partial charge on any atom is -0.00987 e. The molecule has 16 aromatic carbocycles. The third-order valence-electron chi connectivity index (χ3n) is 20.9. The Hall–Kier alpha value is -10.9. The van der Waals surface area contributed by atoms with E-state index in [0.717, 1.165) is 0 Å².